The molecule has 0 aliphatic heterocycles. The van der Waals surface area contributed by atoms with Crippen LogP contribution in [0, 0.1) is 5.82 Å². The molecule has 0 radical (unpaired) electrons. The van der Waals surface area contributed by atoms with Crippen molar-refractivity contribution in [2.75, 3.05) is 5.32 Å². The van der Waals surface area contributed by atoms with Crippen molar-refractivity contribution in [3.05, 3.63) is 119 Å². The maximum absolute atomic E-state index is 13.0. The van der Waals surface area contributed by atoms with Gasteiger partial charge in [-0.3, -0.25) is 0 Å². The number of nitrogens with one attached hydrogen (secondary N) is 1. The van der Waals surface area contributed by atoms with Crippen molar-refractivity contribution in [1.82, 2.24) is 0 Å². The van der Waals surface area contributed by atoms with Gasteiger partial charge >= 0.3 is 0 Å². The summed E-state index contributed by atoms with van der Waals surface area (Å²) in [5.74, 6) is 1.91. The minimum atomic E-state index is -0.267. The maximum Gasteiger partial charge on any atom is 0.138 e. The van der Waals surface area contributed by atoms with Crippen LogP contribution in [0.3, 0.4) is 0 Å². The maximum atomic E-state index is 13.0. The van der Waals surface area contributed by atoms with E-state index in [-0.39, 0.29) is 5.82 Å². The molecule has 0 spiro atoms. The smallest absolute Gasteiger partial charge is 0.138 e. The SMILES string of the molecule is Fc1ccc(COc2ccc(CNc3ccc(Oc4ccccc4)cc3)cc2Cl)cc1. The molecule has 156 valence electrons. The second-order valence-corrected chi connectivity index (χ2v) is 7.38. The third-order valence-corrected chi connectivity index (χ3v) is 4.93. The monoisotopic (exact) mass is 433 g/mol. The predicted molar refractivity (Wildman–Crippen MR) is 122 cm³/mol. The summed E-state index contributed by atoms with van der Waals surface area (Å²) in [4.78, 5) is 0. The predicted octanol–water partition coefficient (Wildman–Crippen LogP) is 7.46. The number of benzene rings is 4. The zero-order valence-corrected chi connectivity index (χ0v) is 17.5. The van der Waals surface area contributed by atoms with Gasteiger partial charge in [0.1, 0.15) is 29.7 Å². The Morgan fingerprint density at radius 2 is 1.42 bits per heavy atom. The highest BCUT2D eigenvalue weighted by molar-refractivity contribution is 6.32. The van der Waals surface area contributed by atoms with Crippen LogP contribution < -0.4 is 14.8 Å². The molecule has 0 atom stereocenters. The zero-order valence-electron chi connectivity index (χ0n) is 16.7. The van der Waals surface area contributed by atoms with Gasteiger partial charge in [-0.25, -0.2) is 4.39 Å². The van der Waals surface area contributed by atoms with Gasteiger partial charge in [0.05, 0.1) is 5.02 Å². The van der Waals surface area contributed by atoms with Gasteiger partial charge in [0.2, 0.25) is 0 Å². The van der Waals surface area contributed by atoms with E-state index in [2.05, 4.69) is 5.32 Å². The number of anilines is 1. The van der Waals surface area contributed by atoms with Crippen molar-refractivity contribution in [3.63, 3.8) is 0 Å². The quantitative estimate of drug-likeness (QED) is 0.312. The lowest BCUT2D eigenvalue weighted by Gasteiger charge is -2.11. The number of hydrogen-bond acceptors (Lipinski definition) is 3. The molecule has 3 nitrogen and oxygen atoms in total. The van der Waals surface area contributed by atoms with E-state index in [0.717, 1.165) is 28.3 Å². The Balaban J connectivity index is 1.30. The topological polar surface area (TPSA) is 30.5 Å². The zero-order chi connectivity index (χ0) is 21.5. The van der Waals surface area contributed by atoms with E-state index in [0.29, 0.717) is 23.9 Å². The van der Waals surface area contributed by atoms with Crippen LogP contribution in [0.5, 0.6) is 17.2 Å². The second kappa shape index (κ2) is 10.0. The molecule has 0 aromatic heterocycles. The van der Waals surface area contributed by atoms with Crippen LogP contribution in [0.4, 0.5) is 10.1 Å². The average Bonchev–Trinajstić information content (AvgIpc) is 2.80. The molecule has 0 heterocycles. The van der Waals surface area contributed by atoms with Crippen LogP contribution in [0.25, 0.3) is 0 Å². The lowest BCUT2D eigenvalue weighted by Crippen LogP contribution is -2.00. The lowest BCUT2D eigenvalue weighted by molar-refractivity contribution is 0.306. The highest BCUT2D eigenvalue weighted by atomic mass is 35.5. The molecule has 0 aliphatic carbocycles. The van der Waals surface area contributed by atoms with E-state index in [1.54, 1.807) is 12.1 Å². The van der Waals surface area contributed by atoms with Gasteiger partial charge in [0.25, 0.3) is 0 Å². The third-order valence-electron chi connectivity index (χ3n) is 4.63. The average molecular weight is 434 g/mol. The molecule has 0 saturated carbocycles. The van der Waals surface area contributed by atoms with E-state index in [9.17, 15) is 4.39 Å². The van der Waals surface area contributed by atoms with Gasteiger partial charge in [0, 0.05) is 12.2 Å². The summed E-state index contributed by atoms with van der Waals surface area (Å²) < 4.78 is 24.5. The van der Waals surface area contributed by atoms with Crippen molar-refractivity contribution in [3.8, 4) is 17.2 Å². The number of para-hydroxylation sites is 1. The summed E-state index contributed by atoms with van der Waals surface area (Å²) in [6.07, 6.45) is 0. The van der Waals surface area contributed by atoms with E-state index in [1.807, 2.05) is 72.8 Å². The van der Waals surface area contributed by atoms with Gasteiger partial charge in [0.15, 0.2) is 0 Å². The molecule has 0 bridgehead atoms. The Labute approximate surface area is 186 Å². The van der Waals surface area contributed by atoms with Crippen molar-refractivity contribution >= 4 is 17.3 Å². The van der Waals surface area contributed by atoms with E-state index >= 15 is 0 Å². The Morgan fingerprint density at radius 1 is 0.742 bits per heavy atom. The molecule has 1 N–H and O–H groups in total. The fourth-order valence-electron chi connectivity index (χ4n) is 2.98. The number of ether oxygens (including phenoxy) is 2. The molecule has 0 aliphatic rings. The highest BCUT2D eigenvalue weighted by Crippen LogP contribution is 2.27. The Kier molecular flexibility index (Phi) is 6.70. The van der Waals surface area contributed by atoms with Gasteiger partial charge in [-0.15, -0.1) is 0 Å². The first-order valence-electron chi connectivity index (χ1n) is 9.88. The normalized spacial score (nSPS) is 10.5. The minimum Gasteiger partial charge on any atom is -0.487 e. The number of rotatable bonds is 8. The molecular weight excluding hydrogens is 413 g/mol. The van der Waals surface area contributed by atoms with Crippen LogP contribution in [0.2, 0.25) is 5.02 Å². The van der Waals surface area contributed by atoms with Crippen molar-refractivity contribution < 1.29 is 13.9 Å². The van der Waals surface area contributed by atoms with Crippen LogP contribution in [0.1, 0.15) is 11.1 Å². The van der Waals surface area contributed by atoms with E-state index < -0.39 is 0 Å². The minimum absolute atomic E-state index is 0.267. The Morgan fingerprint density at radius 3 is 2.13 bits per heavy atom. The molecular formula is C26H21ClFNO2. The Hall–Kier alpha value is -3.50. The first-order valence-corrected chi connectivity index (χ1v) is 10.3. The third kappa shape index (κ3) is 6.00. The summed E-state index contributed by atoms with van der Waals surface area (Å²) in [5.41, 5.74) is 2.89. The first-order chi connectivity index (χ1) is 15.2. The van der Waals surface area contributed by atoms with Crippen LogP contribution in [0.15, 0.2) is 97.1 Å². The molecule has 0 amide bonds. The fourth-order valence-corrected chi connectivity index (χ4v) is 3.24. The van der Waals surface area contributed by atoms with E-state index in [4.69, 9.17) is 21.1 Å². The molecule has 0 unspecified atom stereocenters. The summed E-state index contributed by atoms with van der Waals surface area (Å²) in [5, 5.41) is 3.91. The van der Waals surface area contributed by atoms with E-state index in [1.165, 1.54) is 12.1 Å². The van der Waals surface area contributed by atoms with Crippen LogP contribution >= 0.6 is 11.6 Å². The standard InChI is InChI=1S/C26H21ClFNO2/c27-25-16-20(8-15-26(25)30-18-19-6-9-21(28)10-7-19)17-29-22-11-13-24(14-12-22)31-23-4-2-1-3-5-23/h1-16,29H,17-18H2. The molecule has 5 heteroatoms. The fraction of sp³-hybridized carbons (Fsp3) is 0.0769. The summed E-state index contributed by atoms with van der Waals surface area (Å²) >= 11 is 6.37. The number of halogens is 2. The molecule has 4 aromatic carbocycles. The Bertz CT molecular complexity index is 1120. The molecule has 0 saturated heterocycles. The van der Waals surface area contributed by atoms with Crippen LogP contribution in [-0.2, 0) is 13.2 Å². The summed E-state index contributed by atoms with van der Waals surface area (Å²) in [6.45, 7) is 0.950. The highest BCUT2D eigenvalue weighted by Gasteiger charge is 2.05. The van der Waals surface area contributed by atoms with Crippen LogP contribution in [-0.4, -0.2) is 0 Å². The second-order valence-electron chi connectivity index (χ2n) is 6.97. The lowest BCUT2D eigenvalue weighted by atomic mass is 10.2. The summed E-state index contributed by atoms with van der Waals surface area (Å²) in [6, 6.07) is 29.4. The first kappa shape index (κ1) is 20.8. The molecule has 4 rings (SSSR count). The molecule has 31 heavy (non-hydrogen) atoms. The van der Waals surface area contributed by atoms with Gasteiger partial charge < -0.3 is 14.8 Å². The van der Waals surface area contributed by atoms with Crippen molar-refractivity contribution in [2.24, 2.45) is 0 Å². The number of hydrogen-bond donors (Lipinski definition) is 1. The molecule has 0 fully saturated rings. The molecule has 4 aromatic rings. The van der Waals surface area contributed by atoms with Crippen molar-refractivity contribution in [2.45, 2.75) is 13.2 Å². The van der Waals surface area contributed by atoms with Crippen molar-refractivity contribution in [1.29, 1.82) is 0 Å². The van der Waals surface area contributed by atoms with Gasteiger partial charge in [-0.1, -0.05) is 48.0 Å². The van der Waals surface area contributed by atoms with Gasteiger partial charge in [-0.05, 0) is 71.8 Å². The summed E-state index contributed by atoms with van der Waals surface area (Å²) in [7, 11) is 0. The van der Waals surface area contributed by atoms with Gasteiger partial charge in [-0.2, -0.15) is 0 Å². The largest absolute Gasteiger partial charge is 0.487 e.